The molecular formula is C19H19F4N3O. The van der Waals surface area contributed by atoms with Crippen molar-refractivity contribution in [3.8, 4) is 0 Å². The van der Waals surface area contributed by atoms with Crippen LogP contribution in [0.1, 0.15) is 11.1 Å². The van der Waals surface area contributed by atoms with E-state index >= 15 is 0 Å². The van der Waals surface area contributed by atoms with E-state index in [1.165, 1.54) is 18.2 Å². The van der Waals surface area contributed by atoms with Crippen molar-refractivity contribution in [3.63, 3.8) is 0 Å². The Morgan fingerprint density at radius 1 is 1.00 bits per heavy atom. The Morgan fingerprint density at radius 3 is 2.30 bits per heavy atom. The quantitative estimate of drug-likeness (QED) is 0.820. The number of nitrogens with zero attached hydrogens (tertiary/aromatic N) is 2. The van der Waals surface area contributed by atoms with Gasteiger partial charge in [0.2, 0.25) is 0 Å². The van der Waals surface area contributed by atoms with E-state index in [1.54, 1.807) is 23.1 Å². The molecule has 1 heterocycles. The van der Waals surface area contributed by atoms with Crippen molar-refractivity contribution in [2.24, 2.45) is 0 Å². The van der Waals surface area contributed by atoms with Crippen LogP contribution in [0.15, 0.2) is 48.5 Å². The number of rotatable bonds is 3. The fourth-order valence-electron chi connectivity index (χ4n) is 2.94. The number of anilines is 1. The van der Waals surface area contributed by atoms with Crippen molar-refractivity contribution in [1.29, 1.82) is 0 Å². The number of hydrogen-bond donors (Lipinski definition) is 1. The molecule has 0 aromatic heterocycles. The summed E-state index contributed by atoms with van der Waals surface area (Å²) in [6.45, 7) is 2.00. The fraction of sp³-hybridized carbons (Fsp3) is 0.316. The largest absolute Gasteiger partial charge is 0.416 e. The molecule has 144 valence electrons. The first-order chi connectivity index (χ1) is 12.8. The molecule has 1 saturated heterocycles. The van der Waals surface area contributed by atoms with Crippen molar-refractivity contribution in [1.82, 2.24) is 10.2 Å². The number of alkyl halides is 3. The van der Waals surface area contributed by atoms with Gasteiger partial charge in [-0.25, -0.2) is 9.18 Å². The van der Waals surface area contributed by atoms with E-state index in [9.17, 15) is 22.4 Å². The van der Waals surface area contributed by atoms with Crippen LogP contribution in [-0.2, 0) is 12.7 Å². The summed E-state index contributed by atoms with van der Waals surface area (Å²) in [5.74, 6) is -0.337. The Bertz CT molecular complexity index is 784. The number of carbonyl (C=O) groups is 1. The summed E-state index contributed by atoms with van der Waals surface area (Å²) in [7, 11) is 0. The third-order valence-electron chi connectivity index (χ3n) is 4.46. The minimum atomic E-state index is -4.38. The molecule has 0 bridgehead atoms. The molecule has 0 spiro atoms. The highest BCUT2D eigenvalue weighted by Gasteiger charge is 2.31. The molecule has 4 nitrogen and oxygen atoms in total. The predicted octanol–water partition coefficient (Wildman–Crippen LogP) is 3.88. The van der Waals surface area contributed by atoms with Gasteiger partial charge in [0.25, 0.3) is 0 Å². The second-order valence-corrected chi connectivity index (χ2v) is 6.31. The predicted molar refractivity (Wildman–Crippen MR) is 93.9 cm³/mol. The van der Waals surface area contributed by atoms with Crippen LogP contribution in [0.4, 0.5) is 28.0 Å². The van der Waals surface area contributed by atoms with Gasteiger partial charge in [-0.2, -0.15) is 13.2 Å². The molecule has 0 saturated carbocycles. The maximum absolute atomic E-state index is 12.9. The number of halogens is 4. The number of benzene rings is 2. The zero-order valence-corrected chi connectivity index (χ0v) is 14.5. The van der Waals surface area contributed by atoms with Crippen LogP contribution < -0.4 is 10.2 Å². The van der Waals surface area contributed by atoms with Gasteiger partial charge in [0, 0.05) is 38.4 Å². The first-order valence-electron chi connectivity index (χ1n) is 8.52. The summed E-state index contributed by atoms with van der Waals surface area (Å²) >= 11 is 0. The lowest BCUT2D eigenvalue weighted by Crippen LogP contribution is -2.51. The van der Waals surface area contributed by atoms with Gasteiger partial charge in [-0.3, -0.25) is 0 Å². The van der Waals surface area contributed by atoms with Crippen molar-refractivity contribution in [2.45, 2.75) is 12.7 Å². The lowest BCUT2D eigenvalue weighted by Gasteiger charge is -2.36. The molecule has 0 atom stereocenters. The molecule has 27 heavy (non-hydrogen) atoms. The molecule has 1 fully saturated rings. The van der Waals surface area contributed by atoms with E-state index < -0.39 is 11.7 Å². The Hall–Kier alpha value is -2.77. The molecule has 0 radical (unpaired) electrons. The van der Waals surface area contributed by atoms with Gasteiger partial charge in [0.1, 0.15) is 5.82 Å². The normalized spacial score (nSPS) is 15.0. The van der Waals surface area contributed by atoms with Crippen molar-refractivity contribution < 1.29 is 22.4 Å². The van der Waals surface area contributed by atoms with E-state index in [4.69, 9.17) is 0 Å². The third kappa shape index (κ3) is 4.90. The number of piperazine rings is 1. The van der Waals surface area contributed by atoms with Crippen LogP contribution in [-0.4, -0.2) is 37.1 Å². The number of nitrogens with one attached hydrogen (secondary N) is 1. The van der Waals surface area contributed by atoms with Crippen molar-refractivity contribution in [3.05, 3.63) is 65.5 Å². The van der Waals surface area contributed by atoms with Gasteiger partial charge in [-0.1, -0.05) is 18.2 Å². The number of hydrogen-bond acceptors (Lipinski definition) is 2. The van der Waals surface area contributed by atoms with Gasteiger partial charge < -0.3 is 15.1 Å². The van der Waals surface area contributed by atoms with E-state index in [1.807, 2.05) is 4.90 Å². The highest BCUT2D eigenvalue weighted by atomic mass is 19.4. The summed E-state index contributed by atoms with van der Waals surface area (Å²) in [5.41, 5.74) is 0.600. The van der Waals surface area contributed by atoms with E-state index in [0.717, 1.165) is 17.7 Å². The minimum absolute atomic E-state index is 0.247. The van der Waals surface area contributed by atoms with Crippen LogP contribution in [0.3, 0.4) is 0 Å². The van der Waals surface area contributed by atoms with Crippen LogP contribution in [0.2, 0.25) is 0 Å². The van der Waals surface area contributed by atoms with Gasteiger partial charge in [-0.05, 0) is 35.9 Å². The van der Waals surface area contributed by atoms with E-state index in [-0.39, 0.29) is 18.4 Å². The highest BCUT2D eigenvalue weighted by molar-refractivity contribution is 5.74. The Kier molecular flexibility index (Phi) is 5.53. The van der Waals surface area contributed by atoms with Gasteiger partial charge in [0.15, 0.2) is 0 Å². The van der Waals surface area contributed by atoms with Crippen LogP contribution in [0.5, 0.6) is 0 Å². The van der Waals surface area contributed by atoms with Crippen molar-refractivity contribution in [2.75, 3.05) is 31.1 Å². The van der Waals surface area contributed by atoms with Crippen molar-refractivity contribution >= 4 is 11.7 Å². The molecule has 2 amide bonds. The first-order valence-corrected chi connectivity index (χ1v) is 8.52. The molecule has 0 aliphatic carbocycles. The van der Waals surface area contributed by atoms with Crippen LogP contribution in [0, 0.1) is 5.82 Å². The molecular weight excluding hydrogens is 362 g/mol. The molecule has 2 aromatic rings. The zero-order chi connectivity index (χ0) is 19.4. The molecule has 1 aliphatic heterocycles. The van der Waals surface area contributed by atoms with E-state index in [0.29, 0.717) is 31.9 Å². The topological polar surface area (TPSA) is 35.6 Å². The molecule has 1 N–H and O–H groups in total. The second kappa shape index (κ2) is 7.85. The third-order valence-corrected chi connectivity index (χ3v) is 4.46. The smallest absolute Gasteiger partial charge is 0.368 e. The summed E-state index contributed by atoms with van der Waals surface area (Å²) in [4.78, 5) is 15.7. The summed E-state index contributed by atoms with van der Waals surface area (Å²) in [6.07, 6.45) is -4.38. The minimum Gasteiger partial charge on any atom is -0.368 e. The molecule has 2 aromatic carbocycles. The monoisotopic (exact) mass is 381 g/mol. The summed E-state index contributed by atoms with van der Waals surface area (Å²) in [6, 6.07) is 10.8. The molecule has 8 heteroatoms. The molecule has 0 unspecified atom stereocenters. The summed E-state index contributed by atoms with van der Waals surface area (Å²) < 4.78 is 51.4. The SMILES string of the molecule is O=C(NCc1ccc(F)cc1)N1CCN(c2cccc(C(F)(F)F)c2)CC1. The molecule has 3 rings (SSSR count). The Labute approximate surface area is 154 Å². The molecule has 1 aliphatic rings. The maximum atomic E-state index is 12.9. The highest BCUT2D eigenvalue weighted by Crippen LogP contribution is 2.31. The first kappa shape index (κ1) is 19.0. The van der Waals surface area contributed by atoms with Gasteiger partial charge >= 0.3 is 12.2 Å². The number of carbonyl (C=O) groups excluding carboxylic acids is 1. The van der Waals surface area contributed by atoms with E-state index in [2.05, 4.69) is 5.32 Å². The number of urea groups is 1. The fourth-order valence-corrected chi connectivity index (χ4v) is 2.94. The summed E-state index contributed by atoms with van der Waals surface area (Å²) in [5, 5.41) is 2.77. The second-order valence-electron chi connectivity index (χ2n) is 6.31. The lowest BCUT2D eigenvalue weighted by atomic mass is 10.1. The van der Waals surface area contributed by atoms with Gasteiger partial charge in [0.05, 0.1) is 5.56 Å². The zero-order valence-electron chi connectivity index (χ0n) is 14.5. The van der Waals surface area contributed by atoms with Crippen LogP contribution >= 0.6 is 0 Å². The Balaban J connectivity index is 1.52. The standard InChI is InChI=1S/C19H19F4N3O/c20-16-6-4-14(5-7-16)13-24-18(27)26-10-8-25(9-11-26)17-3-1-2-15(12-17)19(21,22)23/h1-7,12H,8-11,13H2,(H,24,27). The Morgan fingerprint density at radius 2 is 1.67 bits per heavy atom. The average molecular weight is 381 g/mol. The van der Waals surface area contributed by atoms with Crippen LogP contribution in [0.25, 0.3) is 0 Å². The average Bonchev–Trinajstić information content (AvgIpc) is 2.67. The maximum Gasteiger partial charge on any atom is 0.416 e. The van der Waals surface area contributed by atoms with Gasteiger partial charge in [-0.15, -0.1) is 0 Å². The lowest BCUT2D eigenvalue weighted by molar-refractivity contribution is -0.137. The number of amides is 2.